The van der Waals surface area contributed by atoms with Gasteiger partial charge in [-0.25, -0.2) is 4.98 Å². The first-order valence-corrected chi connectivity index (χ1v) is 9.94. The first-order valence-electron chi connectivity index (χ1n) is 9.13. The lowest BCUT2D eigenvalue weighted by Gasteiger charge is -2.06. The minimum Gasteiger partial charge on any atom is -0.322 e. The van der Waals surface area contributed by atoms with Crippen LogP contribution in [-0.4, -0.2) is 16.8 Å². The van der Waals surface area contributed by atoms with Crippen molar-refractivity contribution >= 4 is 55.0 Å². The molecule has 0 bridgehead atoms. The molecule has 0 saturated heterocycles. The Hall–Kier alpha value is -3.25. The first-order chi connectivity index (χ1) is 13.6. The lowest BCUT2D eigenvalue weighted by atomic mass is 10.1. The molecule has 28 heavy (non-hydrogen) atoms. The molecule has 4 aromatic rings. The number of carbonyl (C=O) groups is 2. The van der Waals surface area contributed by atoms with Crippen LogP contribution in [0, 0.1) is 0 Å². The van der Waals surface area contributed by atoms with Crippen molar-refractivity contribution in [3.63, 3.8) is 0 Å². The molecule has 140 valence electrons. The maximum atomic E-state index is 12.6. The standard InChI is InChI=1S/C22H19N3O2S/c1-2-5-20(26)25-22-24-18-11-10-17(13-19(18)28-22)23-21(27)16-9-8-14-6-3-4-7-15(14)12-16/h3-4,6-13H,2,5H2,1H3,(H,23,27)(H,24,25,26). The summed E-state index contributed by atoms with van der Waals surface area (Å²) in [4.78, 5) is 28.8. The first kappa shape index (κ1) is 18.1. The van der Waals surface area contributed by atoms with Gasteiger partial charge in [-0.2, -0.15) is 0 Å². The van der Waals surface area contributed by atoms with E-state index in [-0.39, 0.29) is 11.8 Å². The molecule has 0 unspecified atom stereocenters. The van der Waals surface area contributed by atoms with E-state index in [1.54, 1.807) is 0 Å². The van der Waals surface area contributed by atoms with Crippen LogP contribution < -0.4 is 10.6 Å². The normalized spacial score (nSPS) is 10.9. The second kappa shape index (κ2) is 7.78. The summed E-state index contributed by atoms with van der Waals surface area (Å²) in [6.45, 7) is 1.96. The van der Waals surface area contributed by atoms with Crippen LogP contribution in [0.5, 0.6) is 0 Å². The van der Waals surface area contributed by atoms with Crippen molar-refractivity contribution in [1.29, 1.82) is 0 Å². The average Bonchev–Trinajstić information content (AvgIpc) is 3.09. The highest BCUT2D eigenvalue weighted by molar-refractivity contribution is 7.22. The molecule has 2 amide bonds. The van der Waals surface area contributed by atoms with Gasteiger partial charge in [-0.15, -0.1) is 0 Å². The molecule has 3 aromatic carbocycles. The number of nitrogens with one attached hydrogen (secondary N) is 2. The van der Waals surface area contributed by atoms with E-state index in [1.807, 2.05) is 67.6 Å². The van der Waals surface area contributed by atoms with E-state index in [0.29, 0.717) is 22.8 Å². The van der Waals surface area contributed by atoms with Gasteiger partial charge in [0.2, 0.25) is 5.91 Å². The molecule has 0 aliphatic rings. The highest BCUT2D eigenvalue weighted by Crippen LogP contribution is 2.29. The topological polar surface area (TPSA) is 71.1 Å². The highest BCUT2D eigenvalue weighted by atomic mass is 32.1. The second-order valence-corrected chi connectivity index (χ2v) is 7.55. The van der Waals surface area contributed by atoms with Crippen LogP contribution in [0.1, 0.15) is 30.1 Å². The van der Waals surface area contributed by atoms with Crippen LogP contribution in [0.2, 0.25) is 0 Å². The highest BCUT2D eigenvalue weighted by Gasteiger charge is 2.10. The summed E-state index contributed by atoms with van der Waals surface area (Å²) >= 11 is 1.40. The predicted octanol–water partition coefficient (Wildman–Crippen LogP) is 5.44. The van der Waals surface area contributed by atoms with Gasteiger partial charge in [0.15, 0.2) is 5.13 Å². The van der Waals surface area contributed by atoms with E-state index in [1.165, 1.54) is 11.3 Å². The molecule has 0 atom stereocenters. The van der Waals surface area contributed by atoms with Crippen molar-refractivity contribution < 1.29 is 9.59 Å². The summed E-state index contributed by atoms with van der Waals surface area (Å²) in [5.41, 5.74) is 2.09. The number of hydrogen-bond donors (Lipinski definition) is 2. The van der Waals surface area contributed by atoms with Crippen molar-refractivity contribution in [1.82, 2.24) is 4.98 Å². The number of benzene rings is 3. The third-order valence-corrected chi connectivity index (χ3v) is 5.31. The molecule has 0 fully saturated rings. The van der Waals surface area contributed by atoms with Gasteiger partial charge in [0, 0.05) is 17.7 Å². The van der Waals surface area contributed by atoms with E-state index in [9.17, 15) is 9.59 Å². The van der Waals surface area contributed by atoms with Crippen molar-refractivity contribution in [2.75, 3.05) is 10.6 Å². The zero-order valence-electron chi connectivity index (χ0n) is 15.4. The molecule has 0 aliphatic carbocycles. The summed E-state index contributed by atoms with van der Waals surface area (Å²) in [6.07, 6.45) is 1.27. The Balaban J connectivity index is 1.53. The fourth-order valence-corrected chi connectivity index (χ4v) is 3.92. The number of nitrogens with zero attached hydrogens (tertiary/aromatic N) is 1. The molecule has 2 N–H and O–H groups in total. The van der Waals surface area contributed by atoms with Gasteiger partial charge in [-0.3, -0.25) is 9.59 Å². The summed E-state index contributed by atoms with van der Waals surface area (Å²) in [5.74, 6) is -0.197. The van der Waals surface area contributed by atoms with Crippen LogP contribution in [0.15, 0.2) is 60.7 Å². The third kappa shape index (κ3) is 3.87. The second-order valence-electron chi connectivity index (χ2n) is 6.52. The Morgan fingerprint density at radius 2 is 1.79 bits per heavy atom. The van der Waals surface area contributed by atoms with Crippen LogP contribution >= 0.6 is 11.3 Å². The van der Waals surface area contributed by atoms with Crippen molar-refractivity contribution in [3.8, 4) is 0 Å². The van der Waals surface area contributed by atoms with Crippen LogP contribution in [0.25, 0.3) is 21.0 Å². The Kier molecular flexibility index (Phi) is 5.04. The lowest BCUT2D eigenvalue weighted by molar-refractivity contribution is -0.116. The number of rotatable bonds is 5. The zero-order chi connectivity index (χ0) is 19.5. The molecule has 1 heterocycles. The lowest BCUT2D eigenvalue weighted by Crippen LogP contribution is -2.11. The number of amides is 2. The van der Waals surface area contributed by atoms with Crippen molar-refractivity contribution in [3.05, 3.63) is 66.2 Å². The van der Waals surface area contributed by atoms with Gasteiger partial charge >= 0.3 is 0 Å². The van der Waals surface area contributed by atoms with Gasteiger partial charge < -0.3 is 10.6 Å². The van der Waals surface area contributed by atoms with Gasteiger partial charge in [0.05, 0.1) is 10.2 Å². The van der Waals surface area contributed by atoms with Crippen molar-refractivity contribution in [2.24, 2.45) is 0 Å². The quantitative estimate of drug-likeness (QED) is 0.477. The fourth-order valence-electron chi connectivity index (χ4n) is 3.00. The molecule has 0 spiro atoms. The summed E-state index contributed by atoms with van der Waals surface area (Å²) < 4.78 is 0.906. The zero-order valence-corrected chi connectivity index (χ0v) is 16.2. The molecular weight excluding hydrogens is 370 g/mol. The minimum atomic E-state index is -0.161. The maximum absolute atomic E-state index is 12.6. The molecular formula is C22H19N3O2S. The summed E-state index contributed by atoms with van der Waals surface area (Å²) in [5, 5.41) is 8.46. The maximum Gasteiger partial charge on any atom is 0.255 e. The number of aromatic nitrogens is 1. The van der Waals surface area contributed by atoms with E-state index in [0.717, 1.165) is 27.4 Å². The minimum absolute atomic E-state index is 0.0358. The Morgan fingerprint density at radius 3 is 2.61 bits per heavy atom. The Bertz CT molecular complexity index is 1180. The number of carbonyl (C=O) groups excluding carboxylic acids is 2. The predicted molar refractivity (Wildman–Crippen MR) is 115 cm³/mol. The largest absolute Gasteiger partial charge is 0.322 e. The van der Waals surface area contributed by atoms with E-state index < -0.39 is 0 Å². The summed E-state index contributed by atoms with van der Waals surface area (Å²) in [6, 6.07) is 19.1. The molecule has 5 nitrogen and oxygen atoms in total. The molecule has 1 aromatic heterocycles. The summed E-state index contributed by atoms with van der Waals surface area (Å²) in [7, 11) is 0. The van der Waals surface area contributed by atoms with Crippen LogP contribution in [0.4, 0.5) is 10.8 Å². The Labute approximate surface area is 166 Å². The van der Waals surface area contributed by atoms with E-state index >= 15 is 0 Å². The molecule has 0 radical (unpaired) electrons. The molecule has 0 aliphatic heterocycles. The monoisotopic (exact) mass is 389 g/mol. The molecule has 0 saturated carbocycles. The van der Waals surface area contributed by atoms with Crippen LogP contribution in [0.3, 0.4) is 0 Å². The molecule has 4 rings (SSSR count). The Morgan fingerprint density at radius 1 is 0.964 bits per heavy atom. The third-order valence-electron chi connectivity index (χ3n) is 4.38. The smallest absolute Gasteiger partial charge is 0.255 e. The fraction of sp³-hybridized carbons (Fsp3) is 0.136. The SMILES string of the molecule is CCCC(=O)Nc1nc2ccc(NC(=O)c3ccc4ccccc4c3)cc2s1. The number of fused-ring (bicyclic) bond motifs is 2. The van der Waals surface area contributed by atoms with Gasteiger partial charge in [0.25, 0.3) is 5.91 Å². The van der Waals surface area contributed by atoms with Gasteiger partial charge in [-0.1, -0.05) is 48.6 Å². The van der Waals surface area contributed by atoms with Crippen LogP contribution in [-0.2, 0) is 4.79 Å². The number of anilines is 2. The van der Waals surface area contributed by atoms with Gasteiger partial charge in [0.1, 0.15) is 0 Å². The number of thiazole rings is 1. The van der Waals surface area contributed by atoms with Gasteiger partial charge in [-0.05, 0) is 47.5 Å². The molecule has 6 heteroatoms. The average molecular weight is 389 g/mol. The van der Waals surface area contributed by atoms with E-state index in [4.69, 9.17) is 0 Å². The number of hydrogen-bond acceptors (Lipinski definition) is 4. The van der Waals surface area contributed by atoms with Crippen molar-refractivity contribution in [2.45, 2.75) is 19.8 Å². The van der Waals surface area contributed by atoms with E-state index in [2.05, 4.69) is 15.6 Å².